The van der Waals surface area contributed by atoms with E-state index in [1.807, 2.05) is 71.5 Å². The average Bonchev–Trinajstić information content (AvgIpc) is 3.20. The number of benzene rings is 2. The van der Waals surface area contributed by atoms with Crippen LogP contribution in [0.25, 0.3) is 16.8 Å². The molecule has 4 aromatic rings. The predicted molar refractivity (Wildman–Crippen MR) is 115 cm³/mol. The lowest BCUT2D eigenvalue weighted by atomic mass is 10.1. The molecule has 146 valence electrons. The number of fused-ring (bicyclic) bond motifs is 1. The van der Waals surface area contributed by atoms with E-state index in [2.05, 4.69) is 33.0 Å². The number of hydrogen-bond acceptors (Lipinski definition) is 5. The zero-order chi connectivity index (χ0) is 19.6. The summed E-state index contributed by atoms with van der Waals surface area (Å²) in [4.78, 5) is 9.36. The molecule has 0 amide bonds. The minimum absolute atomic E-state index is 0.792. The molecule has 0 saturated carbocycles. The molecule has 0 unspecified atom stereocenters. The maximum atomic E-state index is 6.16. The molecule has 3 heterocycles. The number of piperazine rings is 1. The molecule has 0 aliphatic carbocycles. The maximum absolute atomic E-state index is 6.16. The normalized spacial score (nSPS) is 15.0. The minimum atomic E-state index is 0.792. The molecule has 29 heavy (non-hydrogen) atoms. The topological polar surface area (TPSA) is 45.9 Å². The van der Waals surface area contributed by atoms with Crippen molar-refractivity contribution in [1.29, 1.82) is 0 Å². The Morgan fingerprint density at radius 2 is 1.59 bits per heavy atom. The maximum Gasteiger partial charge on any atom is 0.165 e. The van der Waals surface area contributed by atoms with Crippen LogP contribution in [0.3, 0.4) is 0 Å². The number of ether oxygens (including phenoxy) is 1. The van der Waals surface area contributed by atoms with Gasteiger partial charge in [-0.1, -0.05) is 36.4 Å². The van der Waals surface area contributed by atoms with Crippen LogP contribution in [-0.2, 0) is 0 Å². The third kappa shape index (κ3) is 3.43. The van der Waals surface area contributed by atoms with Gasteiger partial charge in [0.15, 0.2) is 5.65 Å². The number of rotatable bonds is 4. The smallest absolute Gasteiger partial charge is 0.165 e. The fourth-order valence-electron chi connectivity index (χ4n) is 3.74. The first kappa shape index (κ1) is 17.7. The van der Waals surface area contributed by atoms with Gasteiger partial charge in [-0.15, -0.1) is 0 Å². The molecular formula is C23H23N5O. The summed E-state index contributed by atoms with van der Waals surface area (Å²) in [7, 11) is 2.16. The Morgan fingerprint density at radius 3 is 2.41 bits per heavy atom. The average molecular weight is 385 g/mol. The lowest BCUT2D eigenvalue weighted by Crippen LogP contribution is -2.45. The molecule has 1 fully saturated rings. The van der Waals surface area contributed by atoms with Crippen LogP contribution in [0, 0.1) is 0 Å². The molecule has 1 aliphatic rings. The largest absolute Gasteiger partial charge is 0.457 e. The lowest BCUT2D eigenvalue weighted by Gasteiger charge is -2.33. The molecule has 6 nitrogen and oxygen atoms in total. The van der Waals surface area contributed by atoms with Crippen molar-refractivity contribution < 1.29 is 4.74 Å². The number of aromatic nitrogens is 3. The summed E-state index contributed by atoms with van der Waals surface area (Å²) < 4.78 is 8.10. The van der Waals surface area contributed by atoms with Gasteiger partial charge in [-0.3, -0.25) is 0 Å². The van der Waals surface area contributed by atoms with Gasteiger partial charge >= 0.3 is 0 Å². The van der Waals surface area contributed by atoms with E-state index in [1.165, 1.54) is 0 Å². The summed E-state index contributed by atoms with van der Waals surface area (Å²) in [6.45, 7) is 4.06. The summed E-state index contributed by atoms with van der Waals surface area (Å²) in [5, 5.41) is 4.68. The zero-order valence-electron chi connectivity index (χ0n) is 16.4. The van der Waals surface area contributed by atoms with E-state index in [1.54, 1.807) is 0 Å². The lowest BCUT2D eigenvalue weighted by molar-refractivity contribution is 0.311. The molecule has 0 spiro atoms. The summed E-state index contributed by atoms with van der Waals surface area (Å²) in [6.07, 6.45) is 3.75. The Labute approximate surface area is 170 Å². The highest BCUT2D eigenvalue weighted by molar-refractivity contribution is 5.82. The van der Waals surface area contributed by atoms with Gasteiger partial charge in [0, 0.05) is 37.9 Å². The molecule has 5 rings (SSSR count). The SMILES string of the molecule is CN1CCN(c2ccnc3c(-c4ccccc4Oc4ccccc4)cnn23)CC1. The van der Waals surface area contributed by atoms with Gasteiger partial charge in [0.05, 0.1) is 11.8 Å². The van der Waals surface area contributed by atoms with Crippen LogP contribution in [0.5, 0.6) is 11.5 Å². The quantitative estimate of drug-likeness (QED) is 0.532. The fraction of sp³-hybridized carbons (Fsp3) is 0.217. The molecule has 1 saturated heterocycles. The molecule has 1 aliphatic heterocycles. The van der Waals surface area contributed by atoms with E-state index in [9.17, 15) is 0 Å². The van der Waals surface area contributed by atoms with Crippen LogP contribution in [0.2, 0.25) is 0 Å². The van der Waals surface area contributed by atoms with Crippen LogP contribution >= 0.6 is 0 Å². The van der Waals surface area contributed by atoms with Gasteiger partial charge in [0.25, 0.3) is 0 Å². The van der Waals surface area contributed by atoms with Crippen molar-refractivity contribution in [1.82, 2.24) is 19.5 Å². The highest BCUT2D eigenvalue weighted by atomic mass is 16.5. The molecule has 6 heteroatoms. The second-order valence-electron chi connectivity index (χ2n) is 7.30. The Hall–Kier alpha value is -3.38. The number of likely N-dealkylation sites (N-methyl/N-ethyl adjacent to an activating group) is 1. The fourth-order valence-corrected chi connectivity index (χ4v) is 3.74. The number of nitrogens with zero attached hydrogens (tertiary/aromatic N) is 5. The van der Waals surface area contributed by atoms with Crippen molar-refractivity contribution in [3.8, 4) is 22.6 Å². The minimum Gasteiger partial charge on any atom is -0.457 e. The molecule has 0 bridgehead atoms. The summed E-state index contributed by atoms with van der Waals surface area (Å²) >= 11 is 0. The van der Waals surface area contributed by atoms with Crippen molar-refractivity contribution >= 4 is 11.5 Å². The first-order valence-corrected chi connectivity index (χ1v) is 9.88. The highest BCUT2D eigenvalue weighted by Crippen LogP contribution is 2.35. The van der Waals surface area contributed by atoms with Crippen molar-refractivity contribution in [2.24, 2.45) is 0 Å². The Bertz CT molecular complexity index is 1120. The van der Waals surface area contributed by atoms with Crippen molar-refractivity contribution in [2.45, 2.75) is 0 Å². The Morgan fingerprint density at radius 1 is 0.828 bits per heavy atom. The van der Waals surface area contributed by atoms with Crippen LogP contribution in [0.1, 0.15) is 0 Å². The number of para-hydroxylation sites is 2. The Balaban J connectivity index is 1.54. The molecule has 0 radical (unpaired) electrons. The Kier molecular flexibility index (Phi) is 4.62. The number of hydrogen-bond donors (Lipinski definition) is 0. The molecule has 0 N–H and O–H groups in total. The van der Waals surface area contributed by atoms with Gasteiger partial charge in [0.1, 0.15) is 17.3 Å². The van der Waals surface area contributed by atoms with Gasteiger partial charge in [-0.25, -0.2) is 4.98 Å². The molecule has 0 atom stereocenters. The summed E-state index contributed by atoms with van der Waals surface area (Å²) in [6, 6.07) is 19.9. The van der Waals surface area contributed by atoms with Crippen LogP contribution in [0.4, 0.5) is 5.82 Å². The highest BCUT2D eigenvalue weighted by Gasteiger charge is 2.20. The van der Waals surface area contributed by atoms with E-state index in [0.717, 1.165) is 60.3 Å². The van der Waals surface area contributed by atoms with E-state index in [-0.39, 0.29) is 0 Å². The summed E-state index contributed by atoms with van der Waals surface area (Å²) in [5.74, 6) is 2.68. The number of anilines is 1. The second-order valence-corrected chi connectivity index (χ2v) is 7.30. The van der Waals surface area contributed by atoms with E-state index >= 15 is 0 Å². The van der Waals surface area contributed by atoms with E-state index in [4.69, 9.17) is 4.74 Å². The van der Waals surface area contributed by atoms with Crippen LogP contribution < -0.4 is 9.64 Å². The second kappa shape index (κ2) is 7.56. The van der Waals surface area contributed by atoms with Gasteiger partial charge in [0.2, 0.25) is 0 Å². The van der Waals surface area contributed by atoms with Crippen molar-refractivity contribution in [3.05, 3.63) is 73.1 Å². The summed E-state index contributed by atoms with van der Waals surface area (Å²) in [5.41, 5.74) is 2.78. The van der Waals surface area contributed by atoms with E-state index in [0.29, 0.717) is 0 Å². The van der Waals surface area contributed by atoms with Gasteiger partial charge in [-0.05, 0) is 31.3 Å². The molecular weight excluding hydrogens is 362 g/mol. The van der Waals surface area contributed by atoms with E-state index < -0.39 is 0 Å². The van der Waals surface area contributed by atoms with Gasteiger partial charge < -0.3 is 14.5 Å². The van der Waals surface area contributed by atoms with Crippen molar-refractivity contribution in [3.63, 3.8) is 0 Å². The monoisotopic (exact) mass is 385 g/mol. The third-order valence-electron chi connectivity index (χ3n) is 5.36. The molecule has 2 aromatic carbocycles. The first-order valence-electron chi connectivity index (χ1n) is 9.88. The standard InChI is InChI=1S/C23H23N5O/c1-26-13-15-27(16-14-26)22-11-12-24-23-20(17-25-28(22)23)19-9-5-6-10-21(19)29-18-7-3-2-4-8-18/h2-12,17H,13-16H2,1H3. The first-order chi connectivity index (χ1) is 14.3. The van der Waals surface area contributed by atoms with Crippen LogP contribution in [-0.4, -0.2) is 52.7 Å². The molecule has 2 aromatic heterocycles. The van der Waals surface area contributed by atoms with Crippen molar-refractivity contribution in [2.75, 3.05) is 38.1 Å². The zero-order valence-corrected chi connectivity index (χ0v) is 16.4. The van der Waals surface area contributed by atoms with Crippen LogP contribution in [0.15, 0.2) is 73.1 Å². The predicted octanol–water partition coefficient (Wildman–Crippen LogP) is 3.94. The van der Waals surface area contributed by atoms with Gasteiger partial charge in [-0.2, -0.15) is 9.61 Å². The third-order valence-corrected chi connectivity index (χ3v) is 5.36.